The van der Waals surface area contributed by atoms with E-state index in [9.17, 15) is 0 Å². The number of hydrogen-bond acceptors (Lipinski definition) is 6. The van der Waals surface area contributed by atoms with Gasteiger partial charge in [-0.25, -0.2) is 0 Å². The summed E-state index contributed by atoms with van der Waals surface area (Å²) in [6.45, 7) is 31.7. The van der Waals surface area contributed by atoms with Crippen molar-refractivity contribution < 1.29 is 73.1 Å². The van der Waals surface area contributed by atoms with E-state index in [2.05, 4.69) is 45.8 Å². The van der Waals surface area contributed by atoms with Crippen molar-refractivity contribution in [1.29, 1.82) is 0 Å². The Balaban J connectivity index is -0.000000163. The summed E-state index contributed by atoms with van der Waals surface area (Å²) in [7, 11) is 0. The first kappa shape index (κ1) is 40.6. The first-order valence-electron chi connectivity index (χ1n) is 7.55. The molecule has 12 nitrogen and oxygen atoms in total. The average Bonchev–Trinajstić information content (AvgIpc) is 3.45. The fourth-order valence-electron chi connectivity index (χ4n) is 2.78. The van der Waals surface area contributed by atoms with Gasteiger partial charge in [-0.05, 0) is 13.8 Å². The van der Waals surface area contributed by atoms with Crippen molar-refractivity contribution in [2.24, 2.45) is 0 Å². The molecule has 3 aliphatic heterocycles. The van der Waals surface area contributed by atoms with Gasteiger partial charge in [0, 0.05) is 16.8 Å². The summed E-state index contributed by atoms with van der Waals surface area (Å²) in [6, 6.07) is 0. The van der Waals surface area contributed by atoms with E-state index in [4.69, 9.17) is 62.8 Å². The van der Waals surface area contributed by atoms with E-state index in [0.717, 1.165) is 0 Å². The number of hydrogen-bond donors (Lipinski definition) is 0. The number of rotatable bonds is 2. The van der Waals surface area contributed by atoms with E-state index in [1.165, 1.54) is 0 Å². The monoisotopic (exact) mass is 497 g/mol. The van der Waals surface area contributed by atoms with E-state index < -0.39 is 17.7 Å². The average molecular weight is 497 g/mol. The van der Waals surface area contributed by atoms with Crippen molar-refractivity contribution in [3.8, 4) is 12.3 Å². The van der Waals surface area contributed by atoms with E-state index in [0.29, 0.717) is 13.2 Å². The molecule has 0 aromatic rings. The van der Waals surface area contributed by atoms with E-state index in [-0.39, 0.29) is 42.4 Å². The molecule has 4 unspecified atom stereocenters. The molecule has 3 aliphatic rings. The van der Waals surface area contributed by atoms with Gasteiger partial charge >= 0.3 is 67.8 Å². The summed E-state index contributed by atoms with van der Waals surface area (Å²) in [5, 5.41) is 0. The van der Waals surface area contributed by atoms with Crippen molar-refractivity contribution in [2.75, 3.05) is 26.6 Å². The topological polar surface area (TPSA) is 175 Å². The Bertz CT molecular complexity index is 576. The molecule has 3 saturated heterocycles. The van der Waals surface area contributed by atoms with Gasteiger partial charge in [0.15, 0.2) is 12.6 Å². The molecule has 0 N–H and O–H groups in total. The standard InChI is InChI=1S/C13H18O6.6CO.Co/c1-4-5-15-11-10-9(18-12(2,3)19-10)6-16-13(11)7-14-8-17-13;6*1-2;/h1,9-11H,5-8H2,2-3H3;;;;;;;. The van der Waals surface area contributed by atoms with E-state index in [1.807, 2.05) is 13.8 Å². The van der Waals surface area contributed by atoms with Gasteiger partial charge in [0.1, 0.15) is 31.5 Å². The summed E-state index contributed by atoms with van der Waals surface area (Å²) in [6.07, 6.45) is 4.33. The second kappa shape index (κ2) is 25.5. The quantitative estimate of drug-likeness (QED) is 0.295. The Hall–Kier alpha value is -1.73. The molecule has 1 radical (unpaired) electrons. The number of fused-ring (bicyclic) bond motifs is 1. The van der Waals surface area contributed by atoms with Crippen LogP contribution in [-0.4, -0.2) is 56.5 Å². The Morgan fingerprint density at radius 3 is 1.81 bits per heavy atom. The van der Waals surface area contributed by atoms with Gasteiger partial charge in [0.25, 0.3) is 0 Å². The minimum atomic E-state index is -0.943. The minimum absolute atomic E-state index is 0. The molecular weight excluding hydrogens is 479 g/mol. The van der Waals surface area contributed by atoms with Crippen LogP contribution in [0.5, 0.6) is 0 Å². The SMILES string of the molecule is C#CCOC1C2OC(C)(C)OC2COC12COCO2.[C-]#[O+].[C-]#[O+].[C-]#[O+].[C-]#[O+].[C-]#[O+].[C-]#[O+].[Co]. The minimum Gasteiger partial charge on any atom is 0 e. The Morgan fingerprint density at radius 1 is 0.906 bits per heavy atom. The second-order valence-corrected chi connectivity index (χ2v) is 5.31. The molecule has 3 rings (SSSR count). The van der Waals surface area contributed by atoms with Crippen LogP contribution in [0.25, 0.3) is 0 Å². The predicted molar refractivity (Wildman–Crippen MR) is 86.6 cm³/mol. The Kier molecular flexibility index (Phi) is 32.4. The smallest absolute Gasteiger partial charge is 0 e. The van der Waals surface area contributed by atoms with E-state index >= 15 is 0 Å². The van der Waals surface area contributed by atoms with Gasteiger partial charge < -0.3 is 28.4 Å². The molecule has 0 amide bonds. The summed E-state index contributed by atoms with van der Waals surface area (Å²) < 4.78 is 79.1. The molecule has 13 heteroatoms. The maximum absolute atomic E-state index is 7.50. The Labute approximate surface area is 196 Å². The van der Waals surface area contributed by atoms with Gasteiger partial charge in [-0.1, -0.05) is 5.92 Å². The maximum atomic E-state index is 7.50. The Morgan fingerprint density at radius 2 is 1.41 bits per heavy atom. The van der Waals surface area contributed by atoms with Crippen LogP contribution in [0, 0.1) is 52.2 Å². The first-order valence-corrected chi connectivity index (χ1v) is 7.55. The first-order chi connectivity index (χ1) is 15.1. The normalized spacial score (nSPS) is 26.6. The van der Waals surface area contributed by atoms with Crippen molar-refractivity contribution >= 4 is 0 Å². The zero-order chi connectivity index (χ0) is 25.5. The fourth-order valence-corrected chi connectivity index (χ4v) is 2.78. The predicted octanol–water partition coefficient (Wildman–Crippen LogP) is 0.0281. The number of terminal acetylenes is 1. The molecule has 0 bridgehead atoms. The largest absolute Gasteiger partial charge is 0 e. The van der Waals surface area contributed by atoms with Crippen LogP contribution < -0.4 is 0 Å². The van der Waals surface area contributed by atoms with Crippen molar-refractivity contribution in [3.63, 3.8) is 0 Å². The molecule has 4 atom stereocenters. The molecule has 175 valence electrons. The van der Waals surface area contributed by atoms with Gasteiger partial charge in [-0.2, -0.15) is 0 Å². The van der Waals surface area contributed by atoms with Gasteiger partial charge in [-0.15, -0.1) is 6.42 Å². The maximum Gasteiger partial charge on any atom is 0 e. The van der Waals surface area contributed by atoms with Crippen LogP contribution >= 0.6 is 0 Å². The third kappa shape index (κ3) is 12.3. The van der Waals surface area contributed by atoms with Crippen LogP contribution in [-0.2, 0) is 73.1 Å². The number of ether oxygens (including phenoxy) is 6. The van der Waals surface area contributed by atoms with Crippen molar-refractivity contribution in [3.05, 3.63) is 39.9 Å². The van der Waals surface area contributed by atoms with Gasteiger partial charge in [0.2, 0.25) is 5.79 Å². The van der Waals surface area contributed by atoms with Crippen LogP contribution in [0.15, 0.2) is 0 Å². The van der Waals surface area contributed by atoms with Crippen molar-refractivity contribution in [1.82, 2.24) is 0 Å². The summed E-state index contributed by atoms with van der Waals surface area (Å²) in [5.74, 6) is 0.844. The molecule has 32 heavy (non-hydrogen) atoms. The van der Waals surface area contributed by atoms with Crippen LogP contribution in [0.3, 0.4) is 0 Å². The van der Waals surface area contributed by atoms with Gasteiger partial charge in [0.05, 0.1) is 6.61 Å². The van der Waals surface area contributed by atoms with Crippen LogP contribution in [0.1, 0.15) is 13.8 Å². The second-order valence-electron chi connectivity index (χ2n) is 5.31. The molecule has 1 spiro atoms. The fraction of sp³-hybridized carbons (Fsp3) is 0.579. The third-order valence-corrected chi connectivity index (χ3v) is 3.48. The van der Waals surface area contributed by atoms with Crippen LogP contribution in [0.2, 0.25) is 0 Å². The summed E-state index contributed by atoms with van der Waals surface area (Å²) >= 11 is 0. The molecule has 3 fully saturated rings. The molecule has 0 aromatic heterocycles. The molecule has 3 heterocycles. The summed E-state index contributed by atoms with van der Waals surface area (Å²) in [4.78, 5) is 0. The third-order valence-electron chi connectivity index (χ3n) is 3.48. The molecule has 0 saturated carbocycles. The van der Waals surface area contributed by atoms with Gasteiger partial charge in [-0.3, -0.25) is 0 Å². The van der Waals surface area contributed by atoms with Crippen molar-refractivity contribution in [2.45, 2.75) is 43.7 Å². The van der Waals surface area contributed by atoms with E-state index in [1.54, 1.807) is 0 Å². The zero-order valence-corrected chi connectivity index (χ0v) is 17.9. The zero-order valence-electron chi connectivity index (χ0n) is 16.9. The molecule has 0 aromatic carbocycles. The van der Waals surface area contributed by atoms with Crippen LogP contribution in [0.4, 0.5) is 0 Å². The molecular formula is C19H18CoO12. The molecule has 0 aliphatic carbocycles. The summed E-state index contributed by atoms with van der Waals surface area (Å²) in [5.41, 5.74) is 0.